The molecule has 0 amide bonds. The molecule has 654 valence electrons. The van der Waals surface area contributed by atoms with Gasteiger partial charge in [-0.2, -0.15) is 0 Å². The molecule has 0 aliphatic carbocycles. The number of furan rings is 2. The molecule has 0 unspecified atom stereocenters. The second-order valence-electron chi connectivity index (χ2n) is 36.4. The van der Waals surface area contributed by atoms with Crippen molar-refractivity contribution in [2.24, 2.45) is 0 Å². The van der Waals surface area contributed by atoms with E-state index in [9.17, 15) is 0 Å². The van der Waals surface area contributed by atoms with Gasteiger partial charge in [0.05, 0.1) is 39.1 Å². The Morgan fingerprint density at radius 1 is 0.157 bits per heavy atom. The lowest BCUT2D eigenvalue weighted by molar-refractivity contribution is 0.669. The Morgan fingerprint density at radius 2 is 0.507 bits per heavy atom. The smallest absolute Gasteiger partial charge is 0.143 e. The Hall–Kier alpha value is -18.6. The summed E-state index contributed by atoms with van der Waals surface area (Å²) in [5.41, 5.74) is 38.6. The Labute approximate surface area is 809 Å². The van der Waals surface area contributed by atoms with E-state index in [-0.39, 0.29) is 0 Å². The van der Waals surface area contributed by atoms with Crippen LogP contribution in [0, 0.1) is 0 Å². The van der Waals surface area contributed by atoms with Gasteiger partial charge in [-0.15, -0.1) is 0 Å². The van der Waals surface area contributed by atoms with Gasteiger partial charge < -0.3 is 27.8 Å². The lowest BCUT2D eigenvalue weighted by Gasteiger charge is -2.29. The summed E-state index contributed by atoms with van der Waals surface area (Å²) in [4.78, 5) is 4.83. The van der Waals surface area contributed by atoms with Crippen molar-refractivity contribution in [3.05, 3.63) is 522 Å². The zero-order valence-corrected chi connectivity index (χ0v) is 76.3. The highest BCUT2D eigenvalue weighted by molar-refractivity contribution is 6.21. The van der Waals surface area contributed by atoms with Gasteiger partial charge in [0.25, 0.3) is 0 Å². The molecule has 4 heterocycles. The van der Waals surface area contributed by atoms with E-state index in [0.717, 1.165) is 222 Å². The van der Waals surface area contributed by atoms with E-state index in [1.165, 1.54) is 43.4 Å². The molecule has 27 aromatic rings. The quantitative estimate of drug-likeness (QED) is 0.0803. The molecule has 140 heavy (non-hydrogen) atoms. The van der Waals surface area contributed by atoms with E-state index in [0.29, 0.717) is 0 Å². The topological polar surface area (TPSA) is 42.6 Å². The lowest BCUT2D eigenvalue weighted by Crippen LogP contribution is -2.11. The number of anilines is 6. The third-order valence-corrected chi connectivity index (χ3v) is 28.5. The molecule has 23 aromatic carbocycles. The normalized spacial score (nSPS) is 11.7. The van der Waals surface area contributed by atoms with Crippen molar-refractivity contribution >= 4 is 143 Å². The second kappa shape index (κ2) is 33.8. The van der Waals surface area contributed by atoms with Crippen LogP contribution in [0.25, 0.3) is 232 Å². The molecule has 6 nitrogen and oxygen atoms in total. The first-order valence-corrected chi connectivity index (χ1v) is 48.0. The minimum Gasteiger partial charge on any atom is -0.455 e. The molecular formula is C134H86N4O2. The first-order valence-electron chi connectivity index (χ1n) is 48.0. The van der Waals surface area contributed by atoms with Crippen LogP contribution in [0.1, 0.15) is 0 Å². The molecule has 0 saturated heterocycles. The fourth-order valence-corrected chi connectivity index (χ4v) is 22.1. The maximum Gasteiger partial charge on any atom is 0.143 e. The minimum atomic E-state index is 0.820. The third kappa shape index (κ3) is 13.8. The highest BCUT2D eigenvalue weighted by Gasteiger charge is 2.27. The lowest BCUT2D eigenvalue weighted by atomic mass is 9.88. The summed E-state index contributed by atoms with van der Waals surface area (Å²) in [5.74, 6) is 0. The van der Waals surface area contributed by atoms with Crippen LogP contribution in [0.3, 0.4) is 0 Å². The molecule has 0 aliphatic rings. The van der Waals surface area contributed by atoms with Crippen LogP contribution >= 0.6 is 0 Å². The maximum atomic E-state index is 7.23. The summed E-state index contributed by atoms with van der Waals surface area (Å²) in [7, 11) is 0. The van der Waals surface area contributed by atoms with Crippen molar-refractivity contribution in [3.8, 4) is 123 Å². The first kappa shape index (κ1) is 81.0. The van der Waals surface area contributed by atoms with Crippen LogP contribution in [0.15, 0.2) is 531 Å². The highest BCUT2D eigenvalue weighted by Crippen LogP contribution is 2.52. The van der Waals surface area contributed by atoms with E-state index in [1.54, 1.807) is 0 Å². The summed E-state index contributed by atoms with van der Waals surface area (Å²) in [6.07, 6.45) is 0. The fourth-order valence-electron chi connectivity index (χ4n) is 22.1. The van der Waals surface area contributed by atoms with Crippen molar-refractivity contribution in [1.29, 1.82) is 0 Å². The van der Waals surface area contributed by atoms with Crippen molar-refractivity contribution < 1.29 is 8.83 Å². The Kier molecular flexibility index (Phi) is 19.5. The van der Waals surface area contributed by atoms with Crippen LogP contribution in [-0.4, -0.2) is 9.13 Å². The second-order valence-corrected chi connectivity index (χ2v) is 36.4. The molecule has 0 aliphatic heterocycles. The molecule has 0 N–H and O–H groups in total. The van der Waals surface area contributed by atoms with Gasteiger partial charge in [-0.05, 0) is 232 Å². The van der Waals surface area contributed by atoms with Crippen LogP contribution < -0.4 is 9.80 Å². The minimum absolute atomic E-state index is 0.820. The number of hydrogen-bond donors (Lipinski definition) is 0. The van der Waals surface area contributed by atoms with E-state index in [4.69, 9.17) is 8.83 Å². The standard InChI is InChI=1S/C134H86N4O2/c1-4-31-87(32-5-1)93-69-78-105(128(85-93)137-124-58-21-15-46-113(124)114-47-16-22-59-125(114)137)90-63-72-99(73-64-90)135(102-40-26-38-95(81-102)109-52-29-55-119-117-50-19-25-62-130(117)139-133(109)119)100-74-67-92(68-75-100)121-83-97-37-10-11-43-107(97)132-108(51-28-54-118(121)132)98-71-80-131-122(84-98)120-56-30-53-110(134(120)140-131)96-39-27-41-103(82-96)136(123-57-20-14-45-112(123)111-44-13-12-42-104(111)89-35-8-3-9-36-89)101-76-65-91(66-77-101)106-79-70-94(88-33-6-2-7-34-88)86-129(106)138-126-60-23-17-48-115(126)116-49-18-24-61-127(116)138/h1-86H. The monoisotopic (exact) mass is 1780 g/mol. The number of hydrogen-bond acceptors (Lipinski definition) is 4. The molecule has 27 rings (SSSR count). The van der Waals surface area contributed by atoms with Gasteiger partial charge in [-0.25, -0.2) is 0 Å². The summed E-state index contributed by atoms with van der Waals surface area (Å²) >= 11 is 0. The Balaban J connectivity index is 0.558. The van der Waals surface area contributed by atoms with Gasteiger partial charge in [-0.3, -0.25) is 0 Å². The SMILES string of the molecule is c1ccc(-c2ccc(-c3ccc(N(c4ccc(-c5cc6ccccc6c6c(-c7ccc8oc9c(-c%10cccc(N(c%11ccc(-c%12ccc(-c%13ccccc%13)cc%12-n%12c%13ccccc%13c%13ccccc%13%12)cc%11)c%11ccccc%11-c%11ccccc%11-c%11ccccc%11)c%10)cccc9c8c7)cccc56)cc4)c4cccc(-c5cccc6c5oc5ccccc56)c4)cc3)c(-n3c4ccccc4c4ccccc43)c2)cc1. The zero-order chi connectivity index (χ0) is 92.2. The number of nitrogens with zero attached hydrogens (tertiary/aromatic N) is 4. The summed E-state index contributed by atoms with van der Waals surface area (Å²) in [6, 6.07) is 191. The molecule has 0 bridgehead atoms. The molecule has 6 heteroatoms. The van der Waals surface area contributed by atoms with Crippen LogP contribution in [0.5, 0.6) is 0 Å². The third-order valence-electron chi connectivity index (χ3n) is 28.5. The molecule has 0 spiro atoms. The van der Waals surface area contributed by atoms with Gasteiger partial charge in [0.15, 0.2) is 0 Å². The molecule has 0 saturated carbocycles. The van der Waals surface area contributed by atoms with E-state index < -0.39 is 0 Å². The average Bonchev–Trinajstić information content (AvgIpc) is 1.18. The maximum absolute atomic E-state index is 7.23. The van der Waals surface area contributed by atoms with Crippen LogP contribution in [-0.2, 0) is 0 Å². The molecule has 0 atom stereocenters. The zero-order valence-electron chi connectivity index (χ0n) is 76.3. The number of fused-ring (bicyclic) bond motifs is 15. The van der Waals surface area contributed by atoms with Gasteiger partial charge in [0, 0.05) is 99.3 Å². The van der Waals surface area contributed by atoms with Crippen molar-refractivity contribution in [2.45, 2.75) is 0 Å². The van der Waals surface area contributed by atoms with E-state index in [2.05, 4.69) is 535 Å². The predicted molar refractivity (Wildman–Crippen MR) is 588 cm³/mol. The first-order chi connectivity index (χ1) is 69.4. The van der Waals surface area contributed by atoms with E-state index in [1.807, 2.05) is 6.07 Å². The Morgan fingerprint density at radius 3 is 1.04 bits per heavy atom. The largest absolute Gasteiger partial charge is 0.455 e. The predicted octanol–water partition coefficient (Wildman–Crippen LogP) is 37.6. The summed E-state index contributed by atoms with van der Waals surface area (Å²) < 4.78 is 18.9. The van der Waals surface area contributed by atoms with Gasteiger partial charge in [-0.1, -0.05) is 394 Å². The highest BCUT2D eigenvalue weighted by atomic mass is 16.3. The van der Waals surface area contributed by atoms with Gasteiger partial charge >= 0.3 is 0 Å². The number of rotatable bonds is 18. The van der Waals surface area contributed by atoms with Gasteiger partial charge in [0.1, 0.15) is 22.3 Å². The van der Waals surface area contributed by atoms with E-state index >= 15 is 0 Å². The molecule has 0 radical (unpaired) electrons. The number of aromatic nitrogens is 2. The summed E-state index contributed by atoms with van der Waals surface area (Å²) in [6.45, 7) is 0. The van der Waals surface area contributed by atoms with Gasteiger partial charge in [0.2, 0.25) is 0 Å². The fraction of sp³-hybridized carbons (Fsp3) is 0. The molecule has 4 aromatic heterocycles. The average molecular weight is 1780 g/mol. The Bertz CT molecular complexity index is 9450. The van der Waals surface area contributed by atoms with Crippen molar-refractivity contribution in [1.82, 2.24) is 9.13 Å². The number of para-hydroxylation sites is 8. The molecule has 0 fully saturated rings. The summed E-state index contributed by atoms with van der Waals surface area (Å²) in [5, 5.41) is 13.9. The molecular weight excluding hydrogens is 1700 g/mol. The van der Waals surface area contributed by atoms with Crippen molar-refractivity contribution in [3.63, 3.8) is 0 Å². The van der Waals surface area contributed by atoms with Crippen LogP contribution in [0.4, 0.5) is 34.1 Å². The van der Waals surface area contributed by atoms with Crippen molar-refractivity contribution in [2.75, 3.05) is 9.80 Å². The number of benzene rings is 23. The van der Waals surface area contributed by atoms with Crippen LogP contribution in [0.2, 0.25) is 0 Å².